The van der Waals surface area contributed by atoms with Gasteiger partial charge in [-0.2, -0.15) is 4.98 Å². The lowest BCUT2D eigenvalue weighted by Crippen LogP contribution is -2.23. The molecule has 1 aromatic heterocycles. The molecule has 0 aliphatic heterocycles. The zero-order valence-corrected chi connectivity index (χ0v) is 13.7. The molecular weight excluding hydrogens is 313 g/mol. The van der Waals surface area contributed by atoms with Crippen LogP contribution in [0.4, 0.5) is 21.8 Å². The van der Waals surface area contributed by atoms with E-state index in [1.54, 1.807) is 26.0 Å². The summed E-state index contributed by atoms with van der Waals surface area (Å²) in [5.41, 5.74) is 6.04. The van der Waals surface area contributed by atoms with Gasteiger partial charge in [0.2, 0.25) is 5.95 Å². The first-order chi connectivity index (χ1) is 11.3. The van der Waals surface area contributed by atoms with Crippen LogP contribution in [0.1, 0.15) is 29.8 Å². The fourth-order valence-corrected chi connectivity index (χ4v) is 2.12. The SMILES string of the molecule is CNC(=O)c1cnc(Nc2ccc(C(C)(C)CO)c(F)c2)nc1N. The molecule has 0 saturated heterocycles. The highest BCUT2D eigenvalue weighted by molar-refractivity contribution is 5.97. The van der Waals surface area contributed by atoms with Gasteiger partial charge >= 0.3 is 0 Å². The number of nitrogens with one attached hydrogen (secondary N) is 2. The highest BCUT2D eigenvalue weighted by Gasteiger charge is 2.23. The molecule has 2 aromatic rings. The third kappa shape index (κ3) is 3.60. The number of aliphatic hydroxyl groups is 1. The highest BCUT2D eigenvalue weighted by atomic mass is 19.1. The normalized spacial score (nSPS) is 11.2. The molecule has 0 unspecified atom stereocenters. The number of nitrogens with two attached hydrogens (primary N) is 1. The molecule has 1 amide bonds. The van der Waals surface area contributed by atoms with Gasteiger partial charge in [0.05, 0.1) is 12.2 Å². The van der Waals surface area contributed by atoms with Gasteiger partial charge in [0.25, 0.3) is 5.91 Å². The van der Waals surface area contributed by atoms with Gasteiger partial charge in [0.1, 0.15) is 11.6 Å². The molecule has 0 radical (unpaired) electrons. The molecule has 2 rings (SSSR count). The highest BCUT2D eigenvalue weighted by Crippen LogP contribution is 2.28. The Morgan fingerprint density at radius 3 is 2.67 bits per heavy atom. The summed E-state index contributed by atoms with van der Waals surface area (Å²) < 4.78 is 14.3. The quantitative estimate of drug-likeness (QED) is 0.660. The van der Waals surface area contributed by atoms with E-state index < -0.39 is 11.2 Å². The van der Waals surface area contributed by atoms with Crippen molar-refractivity contribution in [3.05, 3.63) is 41.3 Å². The topological polar surface area (TPSA) is 113 Å². The van der Waals surface area contributed by atoms with Crippen molar-refractivity contribution < 1.29 is 14.3 Å². The van der Waals surface area contributed by atoms with Crippen LogP contribution in [-0.4, -0.2) is 34.6 Å². The van der Waals surface area contributed by atoms with E-state index in [9.17, 15) is 14.3 Å². The number of hydrogen-bond acceptors (Lipinski definition) is 6. The molecule has 0 spiro atoms. The monoisotopic (exact) mass is 333 g/mol. The minimum absolute atomic E-state index is 0.0188. The lowest BCUT2D eigenvalue weighted by atomic mass is 9.85. The maximum atomic E-state index is 14.3. The molecule has 0 atom stereocenters. The number of anilines is 3. The van der Waals surface area contributed by atoms with E-state index in [4.69, 9.17) is 5.73 Å². The number of benzene rings is 1. The second-order valence-electron chi connectivity index (χ2n) is 5.93. The molecule has 1 heterocycles. The van der Waals surface area contributed by atoms with Crippen LogP contribution < -0.4 is 16.4 Å². The fourth-order valence-electron chi connectivity index (χ4n) is 2.12. The second kappa shape index (κ2) is 6.79. The Morgan fingerprint density at radius 2 is 2.12 bits per heavy atom. The minimum atomic E-state index is -0.682. The van der Waals surface area contributed by atoms with E-state index in [2.05, 4.69) is 20.6 Å². The van der Waals surface area contributed by atoms with Crippen molar-refractivity contribution in [2.24, 2.45) is 0 Å². The molecule has 1 aromatic carbocycles. The Labute approximate surface area is 139 Å². The second-order valence-corrected chi connectivity index (χ2v) is 5.93. The van der Waals surface area contributed by atoms with Crippen LogP contribution in [0.25, 0.3) is 0 Å². The smallest absolute Gasteiger partial charge is 0.256 e. The van der Waals surface area contributed by atoms with Gasteiger partial charge in [-0.1, -0.05) is 19.9 Å². The summed E-state index contributed by atoms with van der Waals surface area (Å²) in [7, 11) is 1.48. The van der Waals surface area contributed by atoms with Crippen LogP contribution in [0.3, 0.4) is 0 Å². The molecular formula is C16H20FN5O2. The standard InChI is InChI=1S/C16H20FN5O2/c1-16(2,8-23)11-5-4-9(6-12(11)17)21-15-20-7-10(13(18)22-15)14(24)19-3/h4-7,23H,8H2,1-3H3,(H,19,24)(H3,18,20,21,22). The Balaban J connectivity index is 2.25. The van der Waals surface area contributed by atoms with E-state index in [1.165, 1.54) is 19.3 Å². The molecule has 7 nitrogen and oxygen atoms in total. The molecule has 0 fully saturated rings. The van der Waals surface area contributed by atoms with E-state index >= 15 is 0 Å². The zero-order chi connectivity index (χ0) is 17.9. The van der Waals surface area contributed by atoms with Crippen LogP contribution in [0, 0.1) is 5.82 Å². The maximum absolute atomic E-state index is 14.3. The van der Waals surface area contributed by atoms with Crippen molar-refractivity contribution in [1.82, 2.24) is 15.3 Å². The molecule has 128 valence electrons. The summed E-state index contributed by atoms with van der Waals surface area (Å²) in [4.78, 5) is 19.5. The first kappa shape index (κ1) is 17.6. The number of hydrogen-bond donors (Lipinski definition) is 4. The molecule has 8 heteroatoms. The molecule has 5 N–H and O–H groups in total. The summed E-state index contributed by atoms with van der Waals surface area (Å²) in [6, 6.07) is 4.54. The largest absolute Gasteiger partial charge is 0.395 e. The van der Waals surface area contributed by atoms with E-state index in [-0.39, 0.29) is 29.8 Å². The minimum Gasteiger partial charge on any atom is -0.395 e. The van der Waals surface area contributed by atoms with Crippen molar-refractivity contribution in [3.63, 3.8) is 0 Å². The van der Waals surface area contributed by atoms with Crippen LogP contribution >= 0.6 is 0 Å². The summed E-state index contributed by atoms with van der Waals surface area (Å²) in [6.07, 6.45) is 1.29. The number of nitrogens with zero attached hydrogens (tertiary/aromatic N) is 2. The number of aromatic nitrogens is 2. The van der Waals surface area contributed by atoms with E-state index in [1.807, 2.05) is 0 Å². The average molecular weight is 333 g/mol. The van der Waals surface area contributed by atoms with E-state index in [0.29, 0.717) is 11.3 Å². The van der Waals surface area contributed by atoms with Gasteiger partial charge in [-0.15, -0.1) is 0 Å². The predicted molar refractivity (Wildman–Crippen MR) is 89.6 cm³/mol. The first-order valence-electron chi connectivity index (χ1n) is 7.31. The van der Waals surface area contributed by atoms with Gasteiger partial charge in [-0.25, -0.2) is 9.37 Å². The number of nitrogen functional groups attached to an aromatic ring is 1. The van der Waals surface area contributed by atoms with Crippen LogP contribution in [0.5, 0.6) is 0 Å². The third-order valence-corrected chi connectivity index (χ3v) is 3.64. The Bertz CT molecular complexity index is 764. The molecule has 0 saturated carbocycles. The summed E-state index contributed by atoms with van der Waals surface area (Å²) in [5, 5.41) is 14.6. The number of aliphatic hydroxyl groups excluding tert-OH is 1. The summed E-state index contributed by atoms with van der Waals surface area (Å²) in [6.45, 7) is 3.33. The maximum Gasteiger partial charge on any atom is 0.256 e. The van der Waals surface area contributed by atoms with E-state index in [0.717, 1.165) is 0 Å². The Kier molecular flexibility index (Phi) is 4.99. The van der Waals surface area contributed by atoms with Gasteiger partial charge in [-0.3, -0.25) is 4.79 Å². The number of halogens is 1. The van der Waals surface area contributed by atoms with Crippen molar-refractivity contribution in [2.45, 2.75) is 19.3 Å². The Hall–Kier alpha value is -2.74. The van der Waals surface area contributed by atoms with Crippen molar-refractivity contribution in [3.8, 4) is 0 Å². The first-order valence-corrected chi connectivity index (χ1v) is 7.31. The van der Waals surface area contributed by atoms with Crippen molar-refractivity contribution >= 4 is 23.4 Å². The lowest BCUT2D eigenvalue weighted by Gasteiger charge is -2.23. The summed E-state index contributed by atoms with van der Waals surface area (Å²) in [5.74, 6) is -0.672. The van der Waals surface area contributed by atoms with Gasteiger partial charge in [0, 0.05) is 24.3 Å². The van der Waals surface area contributed by atoms with Crippen molar-refractivity contribution in [1.29, 1.82) is 0 Å². The van der Waals surface area contributed by atoms with Gasteiger partial charge in [0.15, 0.2) is 0 Å². The molecule has 24 heavy (non-hydrogen) atoms. The lowest BCUT2D eigenvalue weighted by molar-refractivity contribution is 0.0963. The average Bonchev–Trinajstić information content (AvgIpc) is 2.54. The fraction of sp³-hybridized carbons (Fsp3) is 0.312. The van der Waals surface area contributed by atoms with Crippen LogP contribution in [0.2, 0.25) is 0 Å². The zero-order valence-electron chi connectivity index (χ0n) is 13.7. The summed E-state index contributed by atoms with van der Waals surface area (Å²) >= 11 is 0. The van der Waals surface area contributed by atoms with Crippen molar-refractivity contribution in [2.75, 3.05) is 24.7 Å². The third-order valence-electron chi connectivity index (χ3n) is 3.64. The van der Waals surface area contributed by atoms with Gasteiger partial charge < -0.3 is 21.5 Å². The van der Waals surface area contributed by atoms with Crippen LogP contribution in [0.15, 0.2) is 24.4 Å². The van der Waals surface area contributed by atoms with Crippen LogP contribution in [-0.2, 0) is 5.41 Å². The molecule has 0 aliphatic carbocycles. The number of carbonyl (C=O) groups is 1. The number of rotatable bonds is 5. The van der Waals surface area contributed by atoms with Gasteiger partial charge in [-0.05, 0) is 17.7 Å². The Morgan fingerprint density at radius 1 is 1.42 bits per heavy atom. The number of carbonyl (C=O) groups excluding carboxylic acids is 1. The molecule has 0 aliphatic rings. The molecule has 0 bridgehead atoms. The number of amides is 1. The predicted octanol–water partition coefficient (Wildman–Crippen LogP) is 1.57.